The van der Waals surface area contributed by atoms with E-state index in [1.54, 1.807) is 6.92 Å². The standard InChI is InChI=1S/C15H12FN3O3S/c1-10-11(8-17)6-13(9-18-10)23(20,21)19-4-5-22-15-7-12(16)2-3-14(15)19/h2-3,6-7,9H,4-5H2,1H3. The van der Waals surface area contributed by atoms with Crippen LogP contribution < -0.4 is 9.04 Å². The molecular weight excluding hydrogens is 321 g/mol. The Morgan fingerprint density at radius 1 is 1.39 bits per heavy atom. The van der Waals surface area contributed by atoms with Crippen LogP contribution in [0.4, 0.5) is 10.1 Å². The summed E-state index contributed by atoms with van der Waals surface area (Å²) in [6.45, 7) is 1.83. The summed E-state index contributed by atoms with van der Waals surface area (Å²) in [6, 6.07) is 6.88. The van der Waals surface area contributed by atoms with E-state index in [1.165, 1.54) is 24.4 Å². The summed E-state index contributed by atoms with van der Waals surface area (Å²) < 4.78 is 45.4. The highest BCUT2D eigenvalue weighted by atomic mass is 32.2. The SMILES string of the molecule is Cc1ncc(S(=O)(=O)N2CCOc3cc(F)ccc32)cc1C#N. The number of sulfonamides is 1. The number of hydrogen-bond acceptors (Lipinski definition) is 5. The minimum Gasteiger partial charge on any atom is -0.489 e. The van der Waals surface area contributed by atoms with E-state index in [1.807, 2.05) is 6.07 Å². The highest BCUT2D eigenvalue weighted by Gasteiger charge is 2.31. The second kappa shape index (κ2) is 5.52. The van der Waals surface area contributed by atoms with Crippen LogP contribution in [0.3, 0.4) is 0 Å². The van der Waals surface area contributed by atoms with Gasteiger partial charge in [-0.1, -0.05) is 0 Å². The molecule has 0 saturated heterocycles. The van der Waals surface area contributed by atoms with Gasteiger partial charge in [0, 0.05) is 12.3 Å². The molecule has 0 bridgehead atoms. The fraction of sp³-hybridized carbons (Fsp3) is 0.200. The van der Waals surface area contributed by atoms with Crippen LogP contribution >= 0.6 is 0 Å². The molecule has 8 heteroatoms. The fourth-order valence-corrected chi connectivity index (χ4v) is 3.75. The van der Waals surface area contributed by atoms with Crippen molar-refractivity contribution in [3.8, 4) is 11.8 Å². The van der Waals surface area contributed by atoms with Gasteiger partial charge in [-0.3, -0.25) is 9.29 Å². The van der Waals surface area contributed by atoms with Crippen molar-refractivity contribution in [2.75, 3.05) is 17.5 Å². The Labute approximate surface area is 132 Å². The molecule has 1 aliphatic heterocycles. The Morgan fingerprint density at radius 2 is 2.17 bits per heavy atom. The van der Waals surface area contributed by atoms with Crippen molar-refractivity contribution in [3.63, 3.8) is 0 Å². The lowest BCUT2D eigenvalue weighted by molar-refractivity contribution is 0.314. The zero-order valence-electron chi connectivity index (χ0n) is 12.2. The minimum absolute atomic E-state index is 0.0863. The second-order valence-electron chi connectivity index (χ2n) is 4.95. The number of aryl methyl sites for hydroxylation is 1. The van der Waals surface area contributed by atoms with Crippen molar-refractivity contribution in [2.24, 2.45) is 0 Å². The second-order valence-corrected chi connectivity index (χ2v) is 6.82. The number of halogens is 1. The van der Waals surface area contributed by atoms with Crippen LogP contribution in [-0.4, -0.2) is 26.6 Å². The van der Waals surface area contributed by atoms with Crippen LogP contribution in [0.15, 0.2) is 35.4 Å². The maximum absolute atomic E-state index is 13.3. The highest BCUT2D eigenvalue weighted by Crippen LogP contribution is 2.35. The maximum Gasteiger partial charge on any atom is 0.266 e. The Bertz CT molecular complexity index is 922. The molecule has 0 fully saturated rings. The molecule has 2 heterocycles. The molecule has 0 aliphatic carbocycles. The number of rotatable bonds is 2. The van der Waals surface area contributed by atoms with E-state index in [2.05, 4.69) is 4.98 Å². The largest absolute Gasteiger partial charge is 0.489 e. The highest BCUT2D eigenvalue weighted by molar-refractivity contribution is 7.92. The smallest absolute Gasteiger partial charge is 0.266 e. The van der Waals surface area contributed by atoms with Gasteiger partial charge in [-0.25, -0.2) is 12.8 Å². The molecule has 0 spiro atoms. The lowest BCUT2D eigenvalue weighted by atomic mass is 10.2. The monoisotopic (exact) mass is 333 g/mol. The van der Waals surface area contributed by atoms with Crippen LogP contribution in [0.1, 0.15) is 11.3 Å². The van der Waals surface area contributed by atoms with E-state index in [0.29, 0.717) is 5.69 Å². The molecule has 0 saturated carbocycles. The number of nitriles is 1. The van der Waals surface area contributed by atoms with Gasteiger partial charge in [0.05, 0.1) is 23.5 Å². The molecule has 118 valence electrons. The summed E-state index contributed by atoms with van der Waals surface area (Å²) in [4.78, 5) is 3.88. The zero-order valence-corrected chi connectivity index (χ0v) is 13.0. The molecule has 6 nitrogen and oxygen atoms in total. The Hall–Kier alpha value is -2.66. The summed E-state index contributed by atoms with van der Waals surface area (Å²) in [6.07, 6.45) is 1.21. The Balaban J connectivity index is 2.10. The van der Waals surface area contributed by atoms with E-state index in [9.17, 15) is 12.8 Å². The number of fused-ring (bicyclic) bond motifs is 1. The van der Waals surface area contributed by atoms with E-state index in [0.717, 1.165) is 10.4 Å². The van der Waals surface area contributed by atoms with Gasteiger partial charge in [0.15, 0.2) is 0 Å². The van der Waals surface area contributed by atoms with Gasteiger partial charge in [0.1, 0.15) is 29.1 Å². The van der Waals surface area contributed by atoms with Crippen LogP contribution in [0.5, 0.6) is 5.75 Å². The van der Waals surface area contributed by atoms with Gasteiger partial charge in [-0.15, -0.1) is 0 Å². The summed E-state index contributed by atoms with van der Waals surface area (Å²) in [5.74, 6) is -0.341. The molecule has 0 atom stereocenters. The molecule has 23 heavy (non-hydrogen) atoms. The molecule has 0 amide bonds. The summed E-state index contributed by atoms with van der Waals surface area (Å²) in [5.41, 5.74) is 0.909. The number of anilines is 1. The van der Waals surface area contributed by atoms with Crippen LogP contribution in [-0.2, 0) is 10.0 Å². The van der Waals surface area contributed by atoms with Crippen LogP contribution in [0.25, 0.3) is 0 Å². The third kappa shape index (κ3) is 2.59. The number of benzene rings is 1. The number of aromatic nitrogens is 1. The molecule has 0 unspecified atom stereocenters. The molecule has 2 aromatic rings. The van der Waals surface area contributed by atoms with Crippen LogP contribution in [0, 0.1) is 24.1 Å². The Morgan fingerprint density at radius 3 is 2.91 bits per heavy atom. The van der Waals surface area contributed by atoms with Gasteiger partial charge < -0.3 is 4.74 Å². The first-order chi connectivity index (χ1) is 10.9. The molecule has 3 rings (SSSR count). The summed E-state index contributed by atoms with van der Waals surface area (Å²) in [5, 5.41) is 9.05. The number of hydrogen-bond donors (Lipinski definition) is 0. The third-order valence-corrected chi connectivity index (χ3v) is 5.29. The molecule has 1 aromatic carbocycles. The molecule has 1 aromatic heterocycles. The van der Waals surface area contributed by atoms with Gasteiger partial charge in [-0.2, -0.15) is 5.26 Å². The predicted octanol–water partition coefficient (Wildman–Crippen LogP) is 1.99. The van der Waals surface area contributed by atoms with Crippen molar-refractivity contribution in [1.29, 1.82) is 5.26 Å². The van der Waals surface area contributed by atoms with Crippen molar-refractivity contribution in [3.05, 3.63) is 47.5 Å². The van der Waals surface area contributed by atoms with Gasteiger partial charge in [-0.05, 0) is 25.1 Å². The molecular formula is C15H12FN3O3S. The first-order valence-corrected chi connectivity index (χ1v) is 8.19. The average molecular weight is 333 g/mol. The van der Waals surface area contributed by atoms with E-state index < -0.39 is 15.8 Å². The van der Waals surface area contributed by atoms with Crippen molar-refractivity contribution < 1.29 is 17.5 Å². The summed E-state index contributed by atoms with van der Waals surface area (Å²) in [7, 11) is -3.92. The quantitative estimate of drug-likeness (QED) is 0.839. The number of nitrogens with zero attached hydrogens (tertiary/aromatic N) is 3. The van der Waals surface area contributed by atoms with Gasteiger partial charge in [0.25, 0.3) is 10.0 Å². The first kappa shape index (κ1) is 15.2. The average Bonchev–Trinajstić information content (AvgIpc) is 2.54. The normalized spacial score (nSPS) is 13.9. The minimum atomic E-state index is -3.92. The van der Waals surface area contributed by atoms with Gasteiger partial charge in [0.2, 0.25) is 0 Å². The zero-order chi connectivity index (χ0) is 16.6. The van der Waals surface area contributed by atoms with E-state index >= 15 is 0 Å². The number of pyridine rings is 1. The first-order valence-electron chi connectivity index (χ1n) is 6.75. The molecule has 0 radical (unpaired) electrons. The third-order valence-electron chi connectivity index (χ3n) is 3.51. The lowest BCUT2D eigenvalue weighted by Crippen LogP contribution is -2.38. The van der Waals surface area contributed by atoms with Crippen molar-refractivity contribution in [1.82, 2.24) is 4.98 Å². The Kier molecular flexibility index (Phi) is 3.66. The fourth-order valence-electron chi connectivity index (χ4n) is 2.31. The van der Waals surface area contributed by atoms with Crippen molar-refractivity contribution in [2.45, 2.75) is 11.8 Å². The predicted molar refractivity (Wildman–Crippen MR) is 80.1 cm³/mol. The topological polar surface area (TPSA) is 83.3 Å². The van der Waals surface area contributed by atoms with Gasteiger partial charge >= 0.3 is 0 Å². The van der Waals surface area contributed by atoms with Crippen molar-refractivity contribution >= 4 is 15.7 Å². The maximum atomic E-state index is 13.3. The molecule has 1 aliphatic rings. The van der Waals surface area contributed by atoms with E-state index in [4.69, 9.17) is 10.00 Å². The van der Waals surface area contributed by atoms with E-state index in [-0.39, 0.29) is 35.0 Å². The number of ether oxygens (including phenoxy) is 1. The molecule has 0 N–H and O–H groups in total. The lowest BCUT2D eigenvalue weighted by Gasteiger charge is -2.30. The summed E-state index contributed by atoms with van der Waals surface area (Å²) >= 11 is 0. The van der Waals surface area contributed by atoms with Crippen LogP contribution in [0.2, 0.25) is 0 Å².